The molecule has 45 heavy (non-hydrogen) atoms. The molecule has 2 aliphatic rings. The van der Waals surface area contributed by atoms with Gasteiger partial charge in [-0.2, -0.15) is 9.98 Å². The largest absolute Gasteiger partial charge is 0.459 e. The molecule has 0 aliphatic carbocycles. The van der Waals surface area contributed by atoms with Crippen molar-refractivity contribution in [3.63, 3.8) is 0 Å². The lowest BCUT2D eigenvalue weighted by Crippen LogP contribution is -2.76. The Morgan fingerprint density at radius 3 is 2.89 bits per heavy atom. The van der Waals surface area contributed by atoms with Gasteiger partial charge in [0, 0.05) is 68.7 Å². The molecular weight excluding hydrogens is 570 g/mol. The number of H-pyrrole nitrogens is 1. The number of benzene rings is 1. The number of carbonyl (C=O) groups excluding carboxylic acids is 1. The van der Waals surface area contributed by atoms with Crippen molar-refractivity contribution < 1.29 is 14.8 Å². The van der Waals surface area contributed by atoms with E-state index in [1.54, 1.807) is 18.5 Å². The van der Waals surface area contributed by atoms with Crippen LogP contribution in [0.4, 0.5) is 17.5 Å². The van der Waals surface area contributed by atoms with E-state index in [0.717, 1.165) is 65.3 Å². The highest BCUT2D eigenvalue weighted by molar-refractivity contribution is 6.06. The van der Waals surface area contributed by atoms with Crippen LogP contribution in [0.15, 0.2) is 59.6 Å². The molecule has 0 spiro atoms. The lowest BCUT2D eigenvalue weighted by atomic mass is 10.1. The predicted octanol–water partition coefficient (Wildman–Crippen LogP) is 2.50. The molecular formula is C32H40N11O2+. The molecule has 6 rings (SSSR count). The van der Waals surface area contributed by atoms with Crippen molar-refractivity contribution in [1.82, 2.24) is 29.8 Å². The van der Waals surface area contributed by atoms with Gasteiger partial charge >= 0.3 is 6.01 Å². The molecule has 2 saturated heterocycles. The maximum Gasteiger partial charge on any atom is 0.318 e. The number of likely N-dealkylation sites (tertiary alicyclic amines) is 1. The number of aromatic nitrogens is 5. The number of amides is 1. The smallest absolute Gasteiger partial charge is 0.318 e. The van der Waals surface area contributed by atoms with Crippen molar-refractivity contribution in [2.75, 3.05) is 50.0 Å². The average Bonchev–Trinajstić information content (AvgIpc) is 3.80. The number of allylic oxidation sites excluding steroid dienone is 1. The van der Waals surface area contributed by atoms with E-state index in [1.165, 1.54) is 12.8 Å². The number of hydrogen-bond donors (Lipinski definition) is 4. The molecule has 13 nitrogen and oxygen atoms in total. The number of anilines is 2. The van der Waals surface area contributed by atoms with Crippen LogP contribution in [0, 0.1) is 6.92 Å². The molecule has 3 aromatic heterocycles. The summed E-state index contributed by atoms with van der Waals surface area (Å²) in [5, 5.41) is 5.97. The molecule has 4 aromatic rings. The summed E-state index contributed by atoms with van der Waals surface area (Å²) in [6.07, 6.45) is 10.3. The molecule has 6 N–H and O–H groups in total. The average molecular weight is 611 g/mol. The van der Waals surface area contributed by atoms with E-state index >= 15 is 0 Å². The highest BCUT2D eigenvalue weighted by Gasteiger charge is 2.27. The Labute approximate surface area is 262 Å². The molecule has 234 valence electrons. The van der Waals surface area contributed by atoms with Crippen molar-refractivity contribution in [2.45, 2.75) is 39.2 Å². The third kappa shape index (κ3) is 7.10. The molecule has 0 bridgehead atoms. The minimum Gasteiger partial charge on any atom is -0.459 e. The summed E-state index contributed by atoms with van der Waals surface area (Å²) in [6, 6.07) is 8.15. The maximum absolute atomic E-state index is 13.2. The highest BCUT2D eigenvalue weighted by Crippen LogP contribution is 2.33. The minimum absolute atomic E-state index is 0.0632. The number of fused-ring (bicyclic) bond motifs is 1. The number of carbonyl (C=O) groups is 1. The summed E-state index contributed by atoms with van der Waals surface area (Å²) < 4.78 is 6.11. The molecule has 1 atom stereocenters. The molecule has 0 unspecified atom stereocenters. The first kappa shape index (κ1) is 30.2. The number of aryl methyl sites for hydroxylation is 1. The molecule has 5 heterocycles. The Morgan fingerprint density at radius 1 is 1.22 bits per heavy atom. The third-order valence-corrected chi connectivity index (χ3v) is 8.18. The van der Waals surface area contributed by atoms with Crippen LogP contribution in [0.25, 0.3) is 22.2 Å². The van der Waals surface area contributed by atoms with Crippen molar-refractivity contribution in [3.05, 3.63) is 60.2 Å². The van der Waals surface area contributed by atoms with Crippen LogP contribution in [0.2, 0.25) is 0 Å². The van der Waals surface area contributed by atoms with Crippen molar-refractivity contribution in [3.8, 4) is 17.3 Å². The van der Waals surface area contributed by atoms with E-state index < -0.39 is 0 Å². The molecule has 0 saturated carbocycles. The van der Waals surface area contributed by atoms with Gasteiger partial charge in [0.05, 0.1) is 30.5 Å². The zero-order valence-corrected chi connectivity index (χ0v) is 26.0. The van der Waals surface area contributed by atoms with Crippen LogP contribution in [-0.2, 0) is 4.79 Å². The number of aliphatic imine (C=N–C) groups is 1. The summed E-state index contributed by atoms with van der Waals surface area (Å²) in [7, 11) is 1.94. The fourth-order valence-electron chi connectivity index (χ4n) is 5.77. The lowest BCUT2D eigenvalue weighted by Gasteiger charge is -2.18. The Bertz CT molecular complexity index is 1740. The summed E-state index contributed by atoms with van der Waals surface area (Å²) in [4.78, 5) is 43.2. The number of rotatable bonds is 10. The summed E-state index contributed by atoms with van der Waals surface area (Å²) in [5.41, 5.74) is 11.1. The topological polar surface area (TPSA) is 167 Å². The highest BCUT2D eigenvalue weighted by atomic mass is 16.5. The summed E-state index contributed by atoms with van der Waals surface area (Å²) in [6.45, 7) is 7.59. The van der Waals surface area contributed by atoms with Crippen LogP contribution in [-0.4, -0.2) is 87.4 Å². The first-order valence-electron chi connectivity index (χ1n) is 15.4. The van der Waals surface area contributed by atoms with E-state index in [2.05, 4.69) is 40.0 Å². The fourth-order valence-corrected chi connectivity index (χ4v) is 5.77. The van der Waals surface area contributed by atoms with Crippen LogP contribution in [0.3, 0.4) is 0 Å². The number of ether oxygens (including phenoxy) is 1. The van der Waals surface area contributed by atoms with Gasteiger partial charge in [-0.25, -0.2) is 15.0 Å². The van der Waals surface area contributed by atoms with Crippen LogP contribution >= 0.6 is 0 Å². The standard InChI is InChI=1S/C32H39N11O2/c1-20-16-37-31(39-26(33)15-21(2)34-3)41-29(20)24-17-36-30-23(24)7-6-8-25(30)38-28(44)19-42-14-10-22(18-42)45-32-35-11-9-27(40-32)43-12-4-5-13-43/h6-9,11,15-17,22,34,36H,4-5,10,12-14,18-19H2,1-3H3,(H,38,44)(H2,33,37,39,41)/p+1/b21-15-/t22-/m0/s1. The quantitative estimate of drug-likeness (QED) is 0.156. The zero-order valence-electron chi connectivity index (χ0n) is 26.0. The number of para-hydroxylation sites is 1. The zero-order chi connectivity index (χ0) is 31.3. The summed E-state index contributed by atoms with van der Waals surface area (Å²) >= 11 is 0. The molecule has 1 aromatic carbocycles. The number of hydrogen-bond acceptors (Lipinski definition) is 9. The van der Waals surface area contributed by atoms with Gasteiger partial charge in [0.25, 0.3) is 5.95 Å². The summed E-state index contributed by atoms with van der Waals surface area (Å²) in [5.74, 6) is 1.44. The van der Waals surface area contributed by atoms with Crippen LogP contribution in [0.1, 0.15) is 31.7 Å². The predicted molar refractivity (Wildman–Crippen MR) is 175 cm³/mol. The van der Waals surface area contributed by atoms with E-state index in [0.29, 0.717) is 24.1 Å². The number of nitrogens with one attached hydrogen (secondary N) is 2. The second-order valence-corrected chi connectivity index (χ2v) is 11.5. The van der Waals surface area contributed by atoms with Gasteiger partial charge in [0.15, 0.2) is 0 Å². The Balaban J connectivity index is 1.10. The first-order chi connectivity index (χ1) is 21.9. The third-order valence-electron chi connectivity index (χ3n) is 8.18. The number of quaternary nitrogens is 1. The minimum atomic E-state index is -0.0930. The van der Waals surface area contributed by atoms with E-state index in [4.69, 9.17) is 15.5 Å². The van der Waals surface area contributed by atoms with Gasteiger partial charge in [0.2, 0.25) is 5.91 Å². The van der Waals surface area contributed by atoms with E-state index in [-0.39, 0.29) is 24.5 Å². The normalized spacial score (nSPS) is 17.8. The SMILES string of the molecule is C[NH2+]/C(C)=C\C(N)=N/c1ncc(C)c(-c2c[nH]c3c(NC(=O)CN4CC[C@H](Oc5nccc(N6CCCC6)n5)C4)cccc23)n1. The van der Waals surface area contributed by atoms with Gasteiger partial charge in [-0.1, -0.05) is 12.1 Å². The van der Waals surface area contributed by atoms with Crippen molar-refractivity contribution in [1.29, 1.82) is 0 Å². The van der Waals surface area contributed by atoms with Crippen molar-refractivity contribution in [2.24, 2.45) is 10.7 Å². The molecule has 2 aliphatic heterocycles. The van der Waals surface area contributed by atoms with Crippen LogP contribution < -0.4 is 26.0 Å². The van der Waals surface area contributed by atoms with Gasteiger partial charge in [-0.05, 0) is 43.9 Å². The molecule has 13 heteroatoms. The Morgan fingerprint density at radius 2 is 2.07 bits per heavy atom. The molecule has 1 amide bonds. The number of nitrogens with zero attached hydrogens (tertiary/aromatic N) is 7. The van der Waals surface area contributed by atoms with Gasteiger partial charge in [-0.15, -0.1) is 0 Å². The number of nitrogens with two attached hydrogens (primary N) is 2. The fraction of sp³-hybridized carbons (Fsp3) is 0.375. The number of amidine groups is 1. The second kappa shape index (κ2) is 13.4. The Kier molecular flexibility index (Phi) is 8.98. The monoisotopic (exact) mass is 610 g/mol. The second-order valence-electron chi connectivity index (χ2n) is 11.5. The van der Waals surface area contributed by atoms with Crippen molar-refractivity contribution >= 4 is 40.1 Å². The molecule has 2 fully saturated rings. The Hall–Kier alpha value is -4.88. The van der Waals surface area contributed by atoms with Gasteiger partial charge in [0.1, 0.15) is 23.5 Å². The maximum atomic E-state index is 13.2. The lowest BCUT2D eigenvalue weighted by molar-refractivity contribution is -0.575. The first-order valence-corrected chi connectivity index (χ1v) is 15.4. The van der Waals surface area contributed by atoms with E-state index in [1.807, 2.05) is 56.7 Å². The number of aromatic amines is 1. The van der Waals surface area contributed by atoms with Gasteiger partial charge in [-0.3, -0.25) is 9.69 Å². The van der Waals surface area contributed by atoms with Crippen LogP contribution in [0.5, 0.6) is 6.01 Å². The van der Waals surface area contributed by atoms with E-state index in [9.17, 15) is 4.79 Å². The molecule has 0 radical (unpaired) electrons. The van der Waals surface area contributed by atoms with Gasteiger partial charge < -0.3 is 31.0 Å².